The number of carbonyl (C=O) groups is 3. The summed E-state index contributed by atoms with van der Waals surface area (Å²) in [7, 11) is 0. The molecule has 1 heterocycles. The highest BCUT2D eigenvalue weighted by molar-refractivity contribution is 6.05. The number of para-hydroxylation sites is 2. The summed E-state index contributed by atoms with van der Waals surface area (Å²) in [6.07, 6.45) is 1.75. The zero-order valence-electron chi connectivity index (χ0n) is 19.0. The average Bonchev–Trinajstić information content (AvgIpc) is 2.86. The van der Waals surface area contributed by atoms with Crippen LogP contribution in [0.15, 0.2) is 72.8 Å². The topological polar surface area (TPSA) is 84.9 Å². The number of esters is 1. The number of nitrogens with one attached hydrogen (secondary N) is 1. The molecular formula is C27H26N2O5. The number of nitrogens with zero attached hydrogens (tertiary/aromatic N) is 1. The Bertz CT molecular complexity index is 1190. The van der Waals surface area contributed by atoms with E-state index in [-0.39, 0.29) is 18.4 Å². The maximum Gasteiger partial charge on any atom is 0.338 e. The van der Waals surface area contributed by atoms with E-state index in [1.165, 1.54) is 0 Å². The largest absolute Gasteiger partial charge is 0.482 e. The molecule has 1 aliphatic heterocycles. The number of unbranched alkanes of at least 4 members (excludes halogenated alkanes) is 1. The molecule has 0 radical (unpaired) electrons. The van der Waals surface area contributed by atoms with E-state index >= 15 is 0 Å². The van der Waals surface area contributed by atoms with Crippen molar-refractivity contribution in [1.29, 1.82) is 0 Å². The number of amides is 2. The van der Waals surface area contributed by atoms with Gasteiger partial charge in [-0.15, -0.1) is 0 Å². The number of anilines is 2. The van der Waals surface area contributed by atoms with E-state index in [0.29, 0.717) is 35.7 Å². The van der Waals surface area contributed by atoms with Gasteiger partial charge in [0, 0.05) is 11.3 Å². The number of hydrogen-bond acceptors (Lipinski definition) is 5. The lowest BCUT2D eigenvalue weighted by Crippen LogP contribution is -2.38. The number of rotatable bonds is 8. The first-order valence-electron chi connectivity index (χ1n) is 11.2. The third kappa shape index (κ3) is 5.43. The molecule has 7 nitrogen and oxygen atoms in total. The van der Waals surface area contributed by atoms with E-state index in [2.05, 4.69) is 5.32 Å². The molecule has 3 aromatic carbocycles. The van der Waals surface area contributed by atoms with Crippen LogP contribution in [0.5, 0.6) is 5.75 Å². The van der Waals surface area contributed by atoms with Crippen molar-refractivity contribution in [3.63, 3.8) is 0 Å². The molecule has 0 spiro atoms. The van der Waals surface area contributed by atoms with E-state index in [0.717, 1.165) is 24.1 Å². The Labute approximate surface area is 198 Å². The lowest BCUT2D eigenvalue weighted by Gasteiger charge is -2.29. The average molecular weight is 459 g/mol. The molecule has 1 aliphatic rings. The normalized spacial score (nSPS) is 12.5. The van der Waals surface area contributed by atoms with E-state index in [9.17, 15) is 14.4 Å². The van der Waals surface area contributed by atoms with Gasteiger partial charge in [0.25, 0.3) is 11.8 Å². The maximum absolute atomic E-state index is 12.7. The summed E-state index contributed by atoms with van der Waals surface area (Å²) in [5.41, 5.74) is 2.98. The van der Waals surface area contributed by atoms with Gasteiger partial charge in [-0.25, -0.2) is 4.79 Å². The fourth-order valence-electron chi connectivity index (χ4n) is 3.59. The van der Waals surface area contributed by atoms with Gasteiger partial charge in [-0.3, -0.25) is 9.59 Å². The van der Waals surface area contributed by atoms with Gasteiger partial charge >= 0.3 is 5.97 Å². The molecule has 2 amide bonds. The van der Waals surface area contributed by atoms with Crippen molar-refractivity contribution in [2.45, 2.75) is 26.3 Å². The number of benzene rings is 3. The molecule has 0 bridgehead atoms. The number of hydrogen-bond donors (Lipinski definition) is 1. The fraction of sp³-hybridized carbons (Fsp3) is 0.222. The van der Waals surface area contributed by atoms with Crippen LogP contribution in [-0.4, -0.2) is 31.0 Å². The molecule has 174 valence electrons. The summed E-state index contributed by atoms with van der Waals surface area (Å²) < 4.78 is 10.7. The van der Waals surface area contributed by atoms with Crippen molar-refractivity contribution in [3.05, 3.63) is 89.5 Å². The second kappa shape index (κ2) is 10.7. The number of fused-ring (bicyclic) bond motifs is 1. The van der Waals surface area contributed by atoms with Crippen molar-refractivity contribution in [2.75, 3.05) is 23.4 Å². The summed E-state index contributed by atoms with van der Waals surface area (Å²) in [6.45, 7) is 2.78. The van der Waals surface area contributed by atoms with Gasteiger partial charge in [0.05, 0.1) is 24.4 Å². The minimum Gasteiger partial charge on any atom is -0.482 e. The SMILES string of the molecule is CCCCOC(=O)c1cccc(NC(=O)c2ccc(CN3C(=O)COc4ccccc43)cc2)c1. The van der Waals surface area contributed by atoms with Gasteiger partial charge < -0.3 is 19.7 Å². The predicted octanol–water partition coefficient (Wildman–Crippen LogP) is 4.82. The van der Waals surface area contributed by atoms with E-state index < -0.39 is 5.97 Å². The highest BCUT2D eigenvalue weighted by Crippen LogP contribution is 2.32. The smallest absolute Gasteiger partial charge is 0.338 e. The third-order valence-electron chi connectivity index (χ3n) is 5.45. The van der Waals surface area contributed by atoms with Gasteiger partial charge in [-0.1, -0.05) is 43.7 Å². The van der Waals surface area contributed by atoms with Crippen LogP contribution in [0.3, 0.4) is 0 Å². The Morgan fingerprint density at radius 3 is 2.59 bits per heavy atom. The minimum atomic E-state index is -0.409. The minimum absolute atomic E-state index is 0.00269. The van der Waals surface area contributed by atoms with Crippen LogP contribution in [0, 0.1) is 0 Å². The molecule has 1 N–H and O–H groups in total. The van der Waals surface area contributed by atoms with Crippen molar-refractivity contribution < 1.29 is 23.9 Å². The molecule has 0 unspecified atom stereocenters. The highest BCUT2D eigenvalue weighted by atomic mass is 16.5. The molecule has 0 saturated carbocycles. The molecule has 34 heavy (non-hydrogen) atoms. The van der Waals surface area contributed by atoms with Gasteiger partial charge in [-0.2, -0.15) is 0 Å². The fourth-order valence-corrected chi connectivity index (χ4v) is 3.59. The first-order valence-corrected chi connectivity index (χ1v) is 11.2. The van der Waals surface area contributed by atoms with Crippen molar-refractivity contribution in [3.8, 4) is 5.75 Å². The maximum atomic E-state index is 12.7. The second-order valence-corrected chi connectivity index (χ2v) is 7.96. The van der Waals surface area contributed by atoms with Crippen LogP contribution >= 0.6 is 0 Å². The van der Waals surface area contributed by atoms with Gasteiger partial charge in [0.2, 0.25) is 0 Å². The first kappa shape index (κ1) is 23.0. The monoisotopic (exact) mass is 458 g/mol. The summed E-state index contributed by atoms with van der Waals surface area (Å²) in [5, 5.41) is 2.81. The van der Waals surface area contributed by atoms with Crippen LogP contribution < -0.4 is 15.0 Å². The van der Waals surface area contributed by atoms with Gasteiger partial charge in [0.1, 0.15) is 5.75 Å². The molecule has 3 aromatic rings. The molecule has 0 aliphatic carbocycles. The number of ether oxygens (including phenoxy) is 2. The Hall–Kier alpha value is -4.13. The predicted molar refractivity (Wildman–Crippen MR) is 129 cm³/mol. The molecule has 0 saturated heterocycles. The highest BCUT2D eigenvalue weighted by Gasteiger charge is 2.25. The quantitative estimate of drug-likeness (QED) is 0.386. The van der Waals surface area contributed by atoms with Crippen LogP contribution in [0.4, 0.5) is 11.4 Å². The van der Waals surface area contributed by atoms with Crippen LogP contribution in [-0.2, 0) is 16.1 Å². The molecule has 4 rings (SSSR count). The molecule has 0 aromatic heterocycles. The second-order valence-electron chi connectivity index (χ2n) is 7.96. The van der Waals surface area contributed by atoms with Gasteiger partial charge in [-0.05, 0) is 54.4 Å². The molecular weight excluding hydrogens is 432 g/mol. The summed E-state index contributed by atoms with van der Waals surface area (Å²) in [5.74, 6) is -0.146. The number of carbonyl (C=O) groups excluding carboxylic acids is 3. The third-order valence-corrected chi connectivity index (χ3v) is 5.45. The molecule has 0 atom stereocenters. The van der Waals surface area contributed by atoms with Crippen molar-refractivity contribution in [2.24, 2.45) is 0 Å². The Kier molecular flexibility index (Phi) is 7.22. The van der Waals surface area contributed by atoms with Crippen molar-refractivity contribution in [1.82, 2.24) is 0 Å². The van der Waals surface area contributed by atoms with Crippen LogP contribution in [0.25, 0.3) is 0 Å². The Morgan fingerprint density at radius 2 is 1.79 bits per heavy atom. The lowest BCUT2D eigenvalue weighted by molar-refractivity contribution is -0.121. The van der Waals surface area contributed by atoms with Crippen molar-refractivity contribution >= 4 is 29.2 Å². The molecule has 7 heteroatoms. The summed E-state index contributed by atoms with van der Waals surface area (Å²) in [6, 6.07) is 21.2. The Morgan fingerprint density at radius 1 is 1.00 bits per heavy atom. The van der Waals surface area contributed by atoms with E-state index in [1.807, 2.05) is 43.3 Å². The summed E-state index contributed by atoms with van der Waals surface area (Å²) >= 11 is 0. The standard InChI is InChI=1S/C27H26N2O5/c1-2-3-15-33-27(32)21-7-6-8-22(16-21)28-26(31)20-13-11-19(12-14-20)17-29-23-9-4-5-10-24(23)34-18-25(29)30/h4-14,16H,2-3,15,17-18H2,1H3,(H,28,31). The van der Waals surface area contributed by atoms with Gasteiger partial charge in [0.15, 0.2) is 6.61 Å². The Balaban J connectivity index is 1.40. The molecule has 0 fully saturated rings. The van der Waals surface area contributed by atoms with Crippen LogP contribution in [0.2, 0.25) is 0 Å². The zero-order valence-corrected chi connectivity index (χ0v) is 19.0. The van der Waals surface area contributed by atoms with Crippen LogP contribution in [0.1, 0.15) is 46.0 Å². The zero-order chi connectivity index (χ0) is 23.9. The summed E-state index contributed by atoms with van der Waals surface area (Å²) in [4.78, 5) is 38.9. The first-order chi connectivity index (χ1) is 16.5. The van der Waals surface area contributed by atoms with E-state index in [4.69, 9.17) is 9.47 Å². The van der Waals surface area contributed by atoms with E-state index in [1.54, 1.807) is 41.3 Å². The lowest BCUT2D eigenvalue weighted by atomic mass is 10.1.